The summed E-state index contributed by atoms with van der Waals surface area (Å²) in [6.45, 7) is 0. The third kappa shape index (κ3) is 3.15. The van der Waals surface area contributed by atoms with E-state index < -0.39 is 12.0 Å². The van der Waals surface area contributed by atoms with E-state index in [9.17, 15) is 9.59 Å². The number of rotatable bonds is 6. The Balaban J connectivity index is 1.82. The van der Waals surface area contributed by atoms with E-state index in [1.165, 1.54) is 12.5 Å². The predicted octanol–water partition coefficient (Wildman–Crippen LogP) is 2.46. The predicted molar refractivity (Wildman–Crippen MR) is 92.0 cm³/mol. The smallest absolute Gasteiger partial charge is 0.328 e. The fourth-order valence-electron chi connectivity index (χ4n) is 2.77. The minimum Gasteiger partial charge on any atom is -0.467 e. The number of nitrogens with zero attached hydrogens (tertiary/aromatic N) is 1. The fraction of sp³-hybridized carbons (Fsp3) is 0.158. The van der Waals surface area contributed by atoms with Crippen molar-refractivity contribution < 1.29 is 14.3 Å². The van der Waals surface area contributed by atoms with Gasteiger partial charge in [0.1, 0.15) is 6.04 Å². The average Bonchev–Trinajstić information content (AvgIpc) is 3.05. The van der Waals surface area contributed by atoms with Crippen LogP contribution >= 0.6 is 0 Å². The molecule has 0 fully saturated rings. The average molecular weight is 322 g/mol. The number of carbonyl (C=O) groups is 2. The number of hydrogen-bond donors (Lipinski definition) is 1. The molecule has 0 unspecified atom stereocenters. The summed E-state index contributed by atoms with van der Waals surface area (Å²) in [6.07, 6.45) is 2.94. The number of amides is 1. The van der Waals surface area contributed by atoms with Gasteiger partial charge >= 0.3 is 5.97 Å². The Morgan fingerprint density at radius 1 is 1.17 bits per heavy atom. The second-order valence-electron chi connectivity index (χ2n) is 5.48. The molecule has 1 atom stereocenters. The number of benzene rings is 2. The van der Waals surface area contributed by atoms with Gasteiger partial charge in [0, 0.05) is 18.3 Å². The van der Waals surface area contributed by atoms with Crippen LogP contribution in [0.5, 0.6) is 0 Å². The quantitative estimate of drug-likeness (QED) is 0.560. The van der Waals surface area contributed by atoms with Gasteiger partial charge in [-0.25, -0.2) is 4.79 Å². The maximum absolute atomic E-state index is 11.7. The van der Waals surface area contributed by atoms with Crippen LogP contribution < -0.4 is 5.32 Å². The Hall–Kier alpha value is -3.08. The molecule has 1 amide bonds. The van der Waals surface area contributed by atoms with Gasteiger partial charge in [-0.05, 0) is 35.2 Å². The molecule has 5 nitrogen and oxygen atoms in total. The van der Waals surface area contributed by atoms with Gasteiger partial charge in [0.2, 0.25) is 6.41 Å². The molecule has 0 bridgehead atoms. The lowest BCUT2D eigenvalue weighted by Crippen LogP contribution is -2.38. The summed E-state index contributed by atoms with van der Waals surface area (Å²) < 4.78 is 6.82. The van der Waals surface area contributed by atoms with Crippen molar-refractivity contribution >= 4 is 23.3 Å². The first kappa shape index (κ1) is 15.8. The van der Waals surface area contributed by atoms with E-state index in [1.807, 2.05) is 42.6 Å². The normalized spacial score (nSPS) is 11.9. The lowest BCUT2D eigenvalue weighted by molar-refractivity contribution is -0.144. The van der Waals surface area contributed by atoms with Crippen LogP contribution in [-0.2, 0) is 20.7 Å². The third-order valence-electron chi connectivity index (χ3n) is 4.01. The largest absolute Gasteiger partial charge is 0.467 e. The van der Waals surface area contributed by atoms with Gasteiger partial charge < -0.3 is 14.6 Å². The molecular weight excluding hydrogens is 304 g/mol. The van der Waals surface area contributed by atoms with Crippen LogP contribution in [0, 0.1) is 0 Å². The Kier molecular flexibility index (Phi) is 4.61. The standard InChI is InChI=1S/C19H18N2O3/c1-24-19(23)17(20-13-22)12-14-6-8-16(9-7-14)21-11-10-15-4-2-3-5-18(15)21/h2-11,13,17H,12H2,1H3,(H,20,22)/t17-/m0/s1. The summed E-state index contributed by atoms with van der Waals surface area (Å²) in [5.41, 5.74) is 3.12. The van der Waals surface area contributed by atoms with Gasteiger partial charge in [-0.15, -0.1) is 0 Å². The van der Waals surface area contributed by atoms with Crippen molar-refractivity contribution in [2.75, 3.05) is 7.11 Å². The van der Waals surface area contributed by atoms with Crippen molar-refractivity contribution in [2.24, 2.45) is 0 Å². The highest BCUT2D eigenvalue weighted by atomic mass is 16.5. The first-order chi connectivity index (χ1) is 11.7. The number of para-hydroxylation sites is 1. The van der Waals surface area contributed by atoms with Gasteiger partial charge in [-0.1, -0.05) is 30.3 Å². The van der Waals surface area contributed by atoms with Crippen molar-refractivity contribution in [2.45, 2.75) is 12.5 Å². The van der Waals surface area contributed by atoms with Crippen molar-refractivity contribution in [3.63, 3.8) is 0 Å². The van der Waals surface area contributed by atoms with E-state index in [-0.39, 0.29) is 0 Å². The summed E-state index contributed by atoms with van der Waals surface area (Å²) in [6, 6.07) is 17.5. The number of nitrogens with one attached hydrogen (secondary N) is 1. The van der Waals surface area contributed by atoms with E-state index in [2.05, 4.69) is 28.1 Å². The highest BCUT2D eigenvalue weighted by molar-refractivity contribution is 5.82. The van der Waals surface area contributed by atoms with Crippen molar-refractivity contribution in [1.82, 2.24) is 9.88 Å². The summed E-state index contributed by atoms with van der Waals surface area (Å²) in [5.74, 6) is -0.456. The van der Waals surface area contributed by atoms with Crippen LogP contribution in [-0.4, -0.2) is 30.1 Å². The number of esters is 1. The lowest BCUT2D eigenvalue weighted by atomic mass is 10.1. The van der Waals surface area contributed by atoms with Crippen LogP contribution in [0.3, 0.4) is 0 Å². The first-order valence-corrected chi connectivity index (χ1v) is 7.66. The number of ether oxygens (including phenoxy) is 1. The Bertz CT molecular complexity index is 852. The van der Waals surface area contributed by atoms with E-state index in [4.69, 9.17) is 4.74 Å². The zero-order valence-corrected chi connectivity index (χ0v) is 13.3. The van der Waals surface area contributed by atoms with Crippen molar-refractivity contribution in [3.05, 3.63) is 66.4 Å². The molecule has 0 radical (unpaired) electrons. The minimum absolute atomic E-state index is 0.387. The summed E-state index contributed by atoms with van der Waals surface area (Å²) >= 11 is 0. The number of methoxy groups -OCH3 is 1. The molecule has 0 aliphatic heterocycles. The SMILES string of the molecule is COC(=O)[C@H](Cc1ccc(-n2ccc3ccccc32)cc1)NC=O. The molecule has 24 heavy (non-hydrogen) atoms. The highest BCUT2D eigenvalue weighted by Gasteiger charge is 2.18. The molecule has 122 valence electrons. The third-order valence-corrected chi connectivity index (χ3v) is 4.01. The zero-order valence-electron chi connectivity index (χ0n) is 13.3. The number of aromatic nitrogens is 1. The minimum atomic E-state index is -0.675. The van der Waals surface area contributed by atoms with Crippen molar-refractivity contribution in [1.29, 1.82) is 0 Å². The van der Waals surface area contributed by atoms with Crippen LogP contribution in [0.4, 0.5) is 0 Å². The van der Waals surface area contributed by atoms with E-state index in [1.54, 1.807) is 0 Å². The van der Waals surface area contributed by atoms with Crippen molar-refractivity contribution in [3.8, 4) is 5.69 Å². The van der Waals surface area contributed by atoms with Crippen LogP contribution in [0.15, 0.2) is 60.8 Å². The molecule has 3 aromatic rings. The highest BCUT2D eigenvalue weighted by Crippen LogP contribution is 2.20. The second kappa shape index (κ2) is 7.00. The van der Waals surface area contributed by atoms with E-state index >= 15 is 0 Å². The maximum atomic E-state index is 11.7. The summed E-state index contributed by atoms with van der Waals surface area (Å²) in [7, 11) is 1.31. The topological polar surface area (TPSA) is 60.3 Å². The molecule has 0 saturated heterocycles. The molecule has 0 aliphatic carbocycles. The first-order valence-electron chi connectivity index (χ1n) is 7.66. The van der Waals surface area contributed by atoms with E-state index in [0.29, 0.717) is 12.8 Å². The molecule has 2 aromatic carbocycles. The van der Waals surface area contributed by atoms with Crippen LogP contribution in [0.1, 0.15) is 5.56 Å². The number of fused-ring (bicyclic) bond motifs is 1. The maximum Gasteiger partial charge on any atom is 0.328 e. The second-order valence-corrected chi connectivity index (χ2v) is 5.48. The molecular formula is C19H18N2O3. The molecule has 0 saturated carbocycles. The molecule has 1 heterocycles. The Labute approximate surface area is 139 Å². The molecule has 1 N–H and O–H groups in total. The molecule has 0 spiro atoms. The Morgan fingerprint density at radius 2 is 1.92 bits per heavy atom. The van der Waals surface area contributed by atoms with Gasteiger partial charge in [0.15, 0.2) is 0 Å². The molecule has 5 heteroatoms. The summed E-state index contributed by atoms with van der Waals surface area (Å²) in [4.78, 5) is 22.3. The van der Waals surface area contributed by atoms with E-state index in [0.717, 1.165) is 16.8 Å². The van der Waals surface area contributed by atoms with Gasteiger partial charge in [-0.3, -0.25) is 4.79 Å². The monoisotopic (exact) mass is 322 g/mol. The lowest BCUT2D eigenvalue weighted by Gasteiger charge is -2.14. The zero-order chi connectivity index (χ0) is 16.9. The van der Waals surface area contributed by atoms with Crippen LogP contribution in [0.25, 0.3) is 16.6 Å². The number of hydrogen-bond acceptors (Lipinski definition) is 3. The van der Waals surface area contributed by atoms with Crippen LogP contribution in [0.2, 0.25) is 0 Å². The molecule has 0 aliphatic rings. The molecule has 3 rings (SSSR count). The number of carbonyl (C=O) groups excluding carboxylic acids is 2. The molecule has 1 aromatic heterocycles. The summed E-state index contributed by atoms with van der Waals surface area (Å²) in [5, 5.41) is 3.67. The van der Waals surface area contributed by atoms with Gasteiger partial charge in [-0.2, -0.15) is 0 Å². The Morgan fingerprint density at radius 3 is 2.62 bits per heavy atom. The van der Waals surface area contributed by atoms with Gasteiger partial charge in [0.05, 0.1) is 12.6 Å². The fourth-order valence-corrected chi connectivity index (χ4v) is 2.77. The van der Waals surface area contributed by atoms with Gasteiger partial charge in [0.25, 0.3) is 0 Å².